The van der Waals surface area contributed by atoms with Gasteiger partial charge in [-0.15, -0.1) is 0 Å². The summed E-state index contributed by atoms with van der Waals surface area (Å²) in [5.74, 6) is -18.8. The zero-order valence-corrected chi connectivity index (χ0v) is 35.6. The lowest BCUT2D eigenvalue weighted by Crippen LogP contribution is -2.17. The molecule has 0 fully saturated rings. The van der Waals surface area contributed by atoms with Crippen molar-refractivity contribution in [2.45, 2.75) is 0 Å². The van der Waals surface area contributed by atoms with Crippen LogP contribution in [0.1, 0.15) is 11.1 Å². The molecule has 334 valence electrons. The van der Waals surface area contributed by atoms with Crippen LogP contribution in [-0.2, 0) is 0 Å². The molecule has 0 aliphatic heterocycles. The summed E-state index contributed by atoms with van der Waals surface area (Å²) in [6, 6.07) is 47.8. The summed E-state index contributed by atoms with van der Waals surface area (Å²) >= 11 is 0. The number of fused-ring (bicyclic) bond motifs is 12. The Hall–Kier alpha value is -9.40. The van der Waals surface area contributed by atoms with Crippen molar-refractivity contribution in [2.75, 3.05) is 0 Å². The van der Waals surface area contributed by atoms with Crippen molar-refractivity contribution < 1.29 is 35.1 Å². The smallest absolute Gasteiger partial charge is 0.199 e. The Morgan fingerprint density at radius 2 is 0.514 bits per heavy atom. The van der Waals surface area contributed by atoms with E-state index >= 15 is 35.1 Å². The molecule has 0 radical (unpaired) electrons. The van der Waals surface area contributed by atoms with Gasteiger partial charge in [-0.05, 0) is 36.4 Å². The number of nitriles is 2. The molecule has 0 aliphatic rings. The largest absolute Gasteiger partial charge is 0.306 e. The van der Waals surface area contributed by atoms with E-state index < -0.39 is 85.2 Å². The zero-order chi connectivity index (χ0) is 48.0. The fraction of sp³-hybridized carbons (Fsp3) is 0. The summed E-state index contributed by atoms with van der Waals surface area (Å²) < 4.78 is 135. The first kappa shape index (κ1) is 40.8. The van der Waals surface area contributed by atoms with Crippen LogP contribution in [-0.4, -0.2) is 18.3 Å². The van der Waals surface area contributed by atoms with Crippen LogP contribution >= 0.6 is 0 Å². The molecule has 4 heterocycles. The lowest BCUT2D eigenvalue weighted by molar-refractivity contribution is 0.416. The molecule has 0 spiro atoms. The second-order valence-corrected chi connectivity index (χ2v) is 16.8. The molecule has 4 aromatic heterocycles. The number of nitrogens with zero attached hydrogens (tertiary/aromatic N) is 6. The van der Waals surface area contributed by atoms with E-state index in [1.807, 2.05) is 65.2 Å². The van der Waals surface area contributed by atoms with Crippen LogP contribution in [0.15, 0.2) is 146 Å². The van der Waals surface area contributed by atoms with Crippen LogP contribution in [0.5, 0.6) is 0 Å². The number of hydrogen-bond acceptors (Lipinski definition) is 2. The Morgan fingerprint density at radius 3 is 0.786 bits per heavy atom. The number of benzene rings is 9. The first-order valence-corrected chi connectivity index (χ1v) is 21.6. The predicted octanol–water partition coefficient (Wildman–Crippen LogP) is 14.9. The van der Waals surface area contributed by atoms with E-state index in [0.717, 1.165) is 10.8 Å². The SMILES string of the molecule is N#Cc1c(-n2c3ccccc3c3ccccc32)c(-n2c3ccccc3c3ccccc32)c(-n2c3ccccc3c3ccccc32)c(C#N)c1-n1c2c(F)c(F)c(F)c(F)c2c2c(F)c(F)c(F)c(F)c21. The van der Waals surface area contributed by atoms with Gasteiger partial charge in [0, 0.05) is 32.3 Å². The number of halogens is 8. The highest BCUT2D eigenvalue weighted by atomic mass is 19.2. The van der Waals surface area contributed by atoms with E-state index in [4.69, 9.17) is 0 Å². The lowest BCUT2D eigenvalue weighted by Gasteiger charge is -2.27. The highest BCUT2D eigenvalue weighted by Gasteiger charge is 2.39. The standard InChI is InChI=1S/C56H24F8N6/c57-43-41-42-44(58)46(60)48(62)50(64)55(42)70(54(41)49(63)47(61)45(43)59)51-33(25-65)52(67-35-19-7-1-13-27(35)28-14-2-8-20-36(28)67)56(69-39-23-11-5-17-31(39)32-18-6-12-24-40(32)69)53(34(51)26-66)68-37-21-9-3-15-29(37)30-16-4-10-22-38(30)68/h1-24H. The van der Waals surface area contributed by atoms with Gasteiger partial charge in [-0.2, -0.15) is 10.5 Å². The summed E-state index contributed by atoms with van der Waals surface area (Å²) in [7, 11) is 0. The molecule has 0 saturated heterocycles. The molecule has 70 heavy (non-hydrogen) atoms. The first-order chi connectivity index (χ1) is 34.1. The molecule has 13 rings (SSSR count). The molecule has 0 bridgehead atoms. The first-order valence-electron chi connectivity index (χ1n) is 21.6. The molecular formula is C56H24F8N6. The Labute approximate surface area is 388 Å². The third-order valence-electron chi connectivity index (χ3n) is 13.4. The predicted molar refractivity (Wildman–Crippen MR) is 253 cm³/mol. The number of rotatable bonds is 4. The van der Waals surface area contributed by atoms with Crippen molar-refractivity contribution in [1.82, 2.24) is 18.3 Å². The molecule has 0 N–H and O–H groups in total. The molecule has 0 atom stereocenters. The molecule has 14 heteroatoms. The second kappa shape index (κ2) is 14.6. The molecule has 6 nitrogen and oxygen atoms in total. The monoisotopic (exact) mass is 932 g/mol. The van der Waals surface area contributed by atoms with Gasteiger partial charge < -0.3 is 18.3 Å². The molecule has 13 aromatic rings. The Balaban J connectivity index is 1.43. The van der Waals surface area contributed by atoms with Gasteiger partial charge in [0.2, 0.25) is 0 Å². The average molecular weight is 933 g/mol. The quantitative estimate of drug-likeness (QED) is 0.100. The molecule has 0 unspecified atom stereocenters. The van der Waals surface area contributed by atoms with E-state index in [1.165, 1.54) is 0 Å². The van der Waals surface area contributed by atoms with Gasteiger partial charge in [0.15, 0.2) is 46.5 Å². The van der Waals surface area contributed by atoms with Crippen molar-refractivity contribution >= 4 is 87.2 Å². The highest BCUT2D eigenvalue weighted by molar-refractivity contribution is 6.16. The molecule has 0 amide bonds. The third-order valence-corrected chi connectivity index (χ3v) is 13.4. The molecule has 0 saturated carbocycles. The summed E-state index contributed by atoms with van der Waals surface area (Å²) in [6.07, 6.45) is 0. The normalized spacial score (nSPS) is 12.0. The van der Waals surface area contributed by atoms with Gasteiger partial charge in [-0.3, -0.25) is 0 Å². The van der Waals surface area contributed by atoms with Gasteiger partial charge >= 0.3 is 0 Å². The van der Waals surface area contributed by atoms with Crippen molar-refractivity contribution in [2.24, 2.45) is 0 Å². The van der Waals surface area contributed by atoms with E-state index in [9.17, 15) is 10.5 Å². The lowest BCUT2D eigenvalue weighted by atomic mass is 9.98. The summed E-state index contributed by atoms with van der Waals surface area (Å²) in [4.78, 5) is 0. The fourth-order valence-corrected chi connectivity index (χ4v) is 10.7. The van der Waals surface area contributed by atoms with Gasteiger partial charge in [0.1, 0.15) is 23.3 Å². The maximum Gasteiger partial charge on any atom is 0.199 e. The van der Waals surface area contributed by atoms with Gasteiger partial charge in [-0.1, -0.05) is 109 Å². The van der Waals surface area contributed by atoms with Crippen molar-refractivity contribution in [3.63, 3.8) is 0 Å². The second-order valence-electron chi connectivity index (χ2n) is 16.8. The van der Waals surface area contributed by atoms with Crippen molar-refractivity contribution in [3.05, 3.63) is 203 Å². The van der Waals surface area contributed by atoms with Crippen LogP contribution in [0.3, 0.4) is 0 Å². The maximum absolute atomic E-state index is 17.0. The van der Waals surface area contributed by atoms with Crippen LogP contribution < -0.4 is 0 Å². The Kier molecular flexibility index (Phi) is 8.49. The zero-order valence-electron chi connectivity index (χ0n) is 35.6. The van der Waals surface area contributed by atoms with Crippen LogP contribution in [0, 0.1) is 69.2 Å². The van der Waals surface area contributed by atoms with Crippen molar-refractivity contribution in [1.29, 1.82) is 10.5 Å². The van der Waals surface area contributed by atoms with E-state index in [2.05, 4.69) is 12.1 Å². The Morgan fingerprint density at radius 1 is 0.271 bits per heavy atom. The highest BCUT2D eigenvalue weighted by Crippen LogP contribution is 2.50. The number of para-hydroxylation sites is 6. The summed E-state index contributed by atoms with van der Waals surface area (Å²) in [6.45, 7) is 0. The minimum absolute atomic E-state index is 0.0702. The summed E-state index contributed by atoms with van der Waals surface area (Å²) in [5.41, 5.74) is -1.88. The number of aromatic nitrogens is 4. The topological polar surface area (TPSA) is 67.3 Å². The van der Waals surface area contributed by atoms with Crippen LogP contribution in [0.2, 0.25) is 0 Å². The minimum Gasteiger partial charge on any atom is -0.306 e. The van der Waals surface area contributed by atoms with Crippen molar-refractivity contribution in [3.8, 4) is 34.9 Å². The van der Waals surface area contributed by atoms with E-state index in [0.29, 0.717) is 59.2 Å². The molecule has 9 aromatic carbocycles. The molecular weight excluding hydrogens is 909 g/mol. The van der Waals surface area contributed by atoms with E-state index in [-0.39, 0.29) is 17.1 Å². The Bertz CT molecular complexity index is 4230. The van der Waals surface area contributed by atoms with E-state index in [1.54, 1.807) is 94.1 Å². The average Bonchev–Trinajstić information content (AvgIpc) is 4.13. The minimum atomic E-state index is -2.46. The maximum atomic E-state index is 17.0. The van der Waals surface area contributed by atoms with Crippen LogP contribution in [0.4, 0.5) is 35.1 Å². The number of hydrogen-bond donors (Lipinski definition) is 0. The fourth-order valence-electron chi connectivity index (χ4n) is 10.7. The van der Waals surface area contributed by atoms with Crippen LogP contribution in [0.25, 0.3) is 110 Å². The van der Waals surface area contributed by atoms with Gasteiger partial charge in [-0.25, -0.2) is 35.1 Å². The molecule has 0 aliphatic carbocycles. The van der Waals surface area contributed by atoms with Gasteiger partial charge in [0.25, 0.3) is 0 Å². The third kappa shape index (κ3) is 5.03. The summed E-state index contributed by atoms with van der Waals surface area (Å²) in [5, 5.41) is 25.1. The van der Waals surface area contributed by atoms with Gasteiger partial charge in [0.05, 0.1) is 77.7 Å².